The molecule has 182 valence electrons. The van der Waals surface area contributed by atoms with E-state index in [9.17, 15) is 9.59 Å². The van der Waals surface area contributed by atoms with Gasteiger partial charge in [-0.2, -0.15) is 0 Å². The van der Waals surface area contributed by atoms with E-state index < -0.39 is 11.6 Å². The van der Waals surface area contributed by atoms with Crippen molar-refractivity contribution in [2.75, 3.05) is 13.2 Å². The third-order valence-corrected chi connectivity index (χ3v) is 5.24. The maximum absolute atomic E-state index is 12.8. The molecule has 0 radical (unpaired) electrons. The van der Waals surface area contributed by atoms with Gasteiger partial charge in [-0.1, -0.05) is 77.0 Å². The predicted octanol–water partition coefficient (Wildman–Crippen LogP) is 6.97. The van der Waals surface area contributed by atoms with E-state index in [0.29, 0.717) is 30.8 Å². The van der Waals surface area contributed by atoms with Crippen molar-refractivity contribution in [1.29, 1.82) is 0 Å². The van der Waals surface area contributed by atoms with E-state index in [0.717, 1.165) is 25.7 Å². The molecule has 0 saturated heterocycles. The van der Waals surface area contributed by atoms with Crippen molar-refractivity contribution in [2.45, 2.75) is 85.0 Å². The molecule has 1 aromatic carbocycles. The van der Waals surface area contributed by atoms with Crippen LogP contribution in [0, 0.1) is 0 Å². The van der Waals surface area contributed by atoms with Crippen molar-refractivity contribution in [1.82, 2.24) is 0 Å². The number of hydrogen-bond acceptors (Lipinski definition) is 6. The summed E-state index contributed by atoms with van der Waals surface area (Å²) in [5, 5.41) is 0.541. The third-order valence-electron chi connectivity index (χ3n) is 5.24. The Hall–Kier alpha value is -2.76. The molecule has 0 N–H and O–H groups in total. The summed E-state index contributed by atoms with van der Waals surface area (Å²) in [5.41, 5.74) is -0.461. The molecular weight excluding hydrogens is 420 g/mol. The van der Waals surface area contributed by atoms with Crippen molar-refractivity contribution in [3.63, 3.8) is 0 Å². The van der Waals surface area contributed by atoms with Crippen LogP contribution < -0.4 is 19.8 Å². The van der Waals surface area contributed by atoms with Crippen LogP contribution in [0.1, 0.15) is 85.0 Å². The Morgan fingerprint density at radius 2 is 1.61 bits per heavy atom. The first-order valence-corrected chi connectivity index (χ1v) is 12.3. The maximum atomic E-state index is 12.8. The highest BCUT2D eigenvalue weighted by atomic mass is 16.5. The fourth-order valence-electron chi connectivity index (χ4n) is 3.58. The lowest BCUT2D eigenvalue weighted by Gasteiger charge is -2.14. The smallest absolute Gasteiger partial charge is 0.383 e. The molecule has 2 aromatic rings. The Kier molecular flexibility index (Phi) is 12.2. The van der Waals surface area contributed by atoms with Crippen molar-refractivity contribution in [2.24, 2.45) is 0 Å². The Balaban J connectivity index is 2.13. The first-order chi connectivity index (χ1) is 16.1. The molecule has 0 amide bonds. The third kappa shape index (κ3) is 8.95. The summed E-state index contributed by atoms with van der Waals surface area (Å²) in [7, 11) is 0. The van der Waals surface area contributed by atoms with E-state index in [2.05, 4.69) is 19.9 Å². The molecule has 1 heterocycles. The molecule has 33 heavy (non-hydrogen) atoms. The summed E-state index contributed by atoms with van der Waals surface area (Å²) in [6, 6.07) is 5.08. The van der Waals surface area contributed by atoms with Crippen molar-refractivity contribution < 1.29 is 23.4 Å². The molecule has 0 unspecified atom stereocenters. The van der Waals surface area contributed by atoms with Crippen molar-refractivity contribution >= 4 is 16.9 Å². The van der Waals surface area contributed by atoms with E-state index >= 15 is 0 Å². The monoisotopic (exact) mass is 458 g/mol. The van der Waals surface area contributed by atoms with Gasteiger partial charge in [0.2, 0.25) is 5.75 Å². The average Bonchev–Trinajstić information content (AvgIpc) is 2.79. The summed E-state index contributed by atoms with van der Waals surface area (Å²) in [4.78, 5) is 24.2. The highest BCUT2D eigenvalue weighted by Crippen LogP contribution is 2.37. The zero-order valence-electron chi connectivity index (χ0n) is 20.3. The summed E-state index contributed by atoms with van der Waals surface area (Å²) >= 11 is 0. The van der Waals surface area contributed by atoms with E-state index in [-0.39, 0.29) is 17.1 Å². The van der Waals surface area contributed by atoms with Crippen LogP contribution in [-0.2, 0) is 4.79 Å². The van der Waals surface area contributed by atoms with Crippen LogP contribution in [0.25, 0.3) is 11.0 Å². The first-order valence-electron chi connectivity index (χ1n) is 12.3. The van der Waals surface area contributed by atoms with Crippen molar-refractivity contribution in [3.05, 3.63) is 40.8 Å². The molecule has 0 saturated carbocycles. The van der Waals surface area contributed by atoms with Gasteiger partial charge in [-0.25, -0.2) is 4.79 Å². The standard InChI is InChI=1S/C27H38O6/c1-4-6-8-10-11-12-13-15-20-31-26-25(30-19-14-9-7-5-2)22-17-16-18-23(32-21(3)28)24(22)33-27(26)29/h7,9,16-18H,4-6,8,10-15,19-20H2,1-3H3. The van der Waals surface area contributed by atoms with E-state index in [1.807, 2.05) is 6.08 Å². The zero-order chi connectivity index (χ0) is 23.9. The second-order valence-corrected chi connectivity index (χ2v) is 8.11. The minimum absolute atomic E-state index is 0.0740. The molecule has 6 nitrogen and oxygen atoms in total. The molecule has 0 fully saturated rings. The van der Waals surface area contributed by atoms with Gasteiger partial charge in [0.25, 0.3) is 0 Å². The molecule has 6 heteroatoms. The number of unbranched alkanes of at least 4 members (excludes halogenated alkanes) is 7. The lowest BCUT2D eigenvalue weighted by atomic mass is 10.1. The molecule has 0 aliphatic heterocycles. The zero-order valence-corrected chi connectivity index (χ0v) is 20.3. The van der Waals surface area contributed by atoms with Crippen LogP contribution in [0.4, 0.5) is 0 Å². The SMILES string of the molecule is CCC=CCCOc1c(OCCCCCCCCCC)c(=O)oc2c(OC(C)=O)cccc12. The summed E-state index contributed by atoms with van der Waals surface area (Å²) in [6.07, 6.45) is 15.2. The van der Waals surface area contributed by atoms with Gasteiger partial charge in [0, 0.05) is 6.92 Å². The number of fused-ring (bicyclic) bond motifs is 1. The van der Waals surface area contributed by atoms with Gasteiger partial charge in [-0.15, -0.1) is 0 Å². The average molecular weight is 459 g/mol. The van der Waals surface area contributed by atoms with Crippen LogP contribution in [0.15, 0.2) is 39.6 Å². The molecule has 0 aliphatic rings. The minimum Gasteiger partial charge on any atom is -0.488 e. The number of carbonyl (C=O) groups excluding carboxylic acids is 1. The predicted molar refractivity (Wildman–Crippen MR) is 131 cm³/mol. The fourth-order valence-corrected chi connectivity index (χ4v) is 3.58. The summed E-state index contributed by atoms with van der Waals surface area (Å²) in [5.74, 6) is 0.0967. The Morgan fingerprint density at radius 3 is 2.30 bits per heavy atom. The van der Waals surface area contributed by atoms with Crippen LogP contribution in [0.2, 0.25) is 0 Å². The largest absolute Gasteiger partial charge is 0.488 e. The minimum atomic E-state index is -0.638. The highest BCUT2D eigenvalue weighted by Gasteiger charge is 2.20. The molecule has 0 spiro atoms. The quantitative estimate of drug-likeness (QED) is 0.0888. The van der Waals surface area contributed by atoms with E-state index in [4.69, 9.17) is 18.6 Å². The lowest BCUT2D eigenvalue weighted by Crippen LogP contribution is -2.12. The normalized spacial score (nSPS) is 11.2. The highest BCUT2D eigenvalue weighted by molar-refractivity contribution is 5.91. The second kappa shape index (κ2) is 15.1. The summed E-state index contributed by atoms with van der Waals surface area (Å²) < 4.78 is 22.6. The number of ether oxygens (including phenoxy) is 3. The fraction of sp³-hybridized carbons (Fsp3) is 0.556. The van der Waals surface area contributed by atoms with Gasteiger partial charge < -0.3 is 18.6 Å². The van der Waals surface area contributed by atoms with Gasteiger partial charge in [0.1, 0.15) is 0 Å². The molecular formula is C27H38O6. The number of rotatable bonds is 16. The van der Waals surface area contributed by atoms with Crippen LogP contribution in [-0.4, -0.2) is 19.2 Å². The maximum Gasteiger partial charge on any atom is 0.383 e. The number of carbonyl (C=O) groups is 1. The number of benzene rings is 1. The van der Waals surface area contributed by atoms with E-state index in [1.165, 1.54) is 39.0 Å². The van der Waals surface area contributed by atoms with Crippen molar-refractivity contribution in [3.8, 4) is 17.2 Å². The van der Waals surface area contributed by atoms with Crippen LogP contribution in [0.5, 0.6) is 17.2 Å². The first kappa shape index (κ1) is 26.5. The second-order valence-electron chi connectivity index (χ2n) is 8.11. The van der Waals surface area contributed by atoms with Gasteiger partial charge in [-0.3, -0.25) is 4.79 Å². The number of esters is 1. The number of para-hydroxylation sites is 1. The summed E-state index contributed by atoms with van der Waals surface area (Å²) in [6.45, 7) is 6.40. The van der Waals surface area contributed by atoms with Gasteiger partial charge in [-0.05, 0) is 31.4 Å². The number of allylic oxidation sites excluding steroid dienone is 1. The Labute approximate surface area is 196 Å². The molecule has 2 rings (SSSR count). The molecule has 0 bridgehead atoms. The van der Waals surface area contributed by atoms with Crippen LogP contribution in [0.3, 0.4) is 0 Å². The van der Waals surface area contributed by atoms with Crippen LogP contribution >= 0.6 is 0 Å². The topological polar surface area (TPSA) is 75.0 Å². The Bertz CT molecular complexity index is 944. The molecule has 0 atom stereocenters. The van der Waals surface area contributed by atoms with Gasteiger partial charge in [0.05, 0.1) is 18.6 Å². The van der Waals surface area contributed by atoms with Gasteiger partial charge >= 0.3 is 11.6 Å². The number of hydrogen-bond donors (Lipinski definition) is 0. The van der Waals surface area contributed by atoms with Gasteiger partial charge in [0.15, 0.2) is 17.1 Å². The Morgan fingerprint density at radius 1 is 0.909 bits per heavy atom. The molecule has 0 aliphatic carbocycles. The van der Waals surface area contributed by atoms with E-state index in [1.54, 1.807) is 18.2 Å². The lowest BCUT2D eigenvalue weighted by molar-refractivity contribution is -0.131. The molecule has 1 aromatic heterocycles.